The van der Waals surface area contributed by atoms with E-state index in [2.05, 4.69) is 5.32 Å². The van der Waals surface area contributed by atoms with Gasteiger partial charge < -0.3 is 5.32 Å². The summed E-state index contributed by atoms with van der Waals surface area (Å²) in [6.07, 6.45) is 5.64. The molecule has 0 saturated heterocycles. The lowest BCUT2D eigenvalue weighted by Gasteiger charge is -2.26. The third-order valence-corrected chi connectivity index (χ3v) is 6.84. The van der Waals surface area contributed by atoms with Crippen LogP contribution >= 0.6 is 23.2 Å². The van der Waals surface area contributed by atoms with Gasteiger partial charge in [0, 0.05) is 6.04 Å². The number of halogens is 2. The zero-order valence-corrected chi connectivity index (χ0v) is 15.7. The molecule has 0 spiro atoms. The molecule has 2 fully saturated rings. The average molecular weight is 391 g/mol. The number of hydrogen-bond donors (Lipinski definition) is 1. The van der Waals surface area contributed by atoms with E-state index in [-0.39, 0.29) is 23.5 Å². The molecule has 0 unspecified atom stereocenters. The molecule has 2 aliphatic carbocycles. The third-order valence-electron chi connectivity index (χ3n) is 4.96. The van der Waals surface area contributed by atoms with E-state index in [1.807, 2.05) is 0 Å². The van der Waals surface area contributed by atoms with Crippen molar-refractivity contribution in [2.45, 2.75) is 31.7 Å². The Morgan fingerprint density at radius 2 is 2.00 bits per heavy atom. The van der Waals surface area contributed by atoms with Crippen LogP contribution in [-0.2, 0) is 14.8 Å². The van der Waals surface area contributed by atoms with Gasteiger partial charge in [-0.2, -0.15) is 0 Å². The predicted octanol–water partition coefficient (Wildman–Crippen LogP) is 3.06. The number of anilines is 1. The van der Waals surface area contributed by atoms with Crippen LogP contribution in [0.25, 0.3) is 0 Å². The number of sulfonamides is 1. The number of hydrogen-bond acceptors (Lipinski definition) is 3. The van der Waals surface area contributed by atoms with Crippen molar-refractivity contribution in [3.05, 3.63) is 28.2 Å². The minimum absolute atomic E-state index is 0.173. The fourth-order valence-corrected chi connectivity index (χ4v) is 4.99. The van der Waals surface area contributed by atoms with Gasteiger partial charge in [0.25, 0.3) is 0 Å². The minimum atomic E-state index is -3.62. The van der Waals surface area contributed by atoms with Crippen molar-refractivity contribution in [2.24, 2.45) is 11.8 Å². The lowest BCUT2D eigenvalue weighted by atomic mass is 9.95. The van der Waals surface area contributed by atoms with E-state index < -0.39 is 10.0 Å². The van der Waals surface area contributed by atoms with E-state index >= 15 is 0 Å². The van der Waals surface area contributed by atoms with Gasteiger partial charge in [0.2, 0.25) is 15.9 Å². The molecule has 2 saturated carbocycles. The van der Waals surface area contributed by atoms with Gasteiger partial charge in [-0.3, -0.25) is 9.10 Å². The molecule has 0 aliphatic heterocycles. The molecule has 2 aliphatic rings. The maximum absolute atomic E-state index is 12.4. The molecular weight excluding hydrogens is 371 g/mol. The van der Waals surface area contributed by atoms with Crippen molar-refractivity contribution in [3.63, 3.8) is 0 Å². The highest BCUT2D eigenvalue weighted by Crippen LogP contribution is 2.44. The summed E-state index contributed by atoms with van der Waals surface area (Å²) in [6, 6.07) is 4.69. The quantitative estimate of drug-likeness (QED) is 0.839. The number of amides is 1. The molecule has 1 aromatic rings. The van der Waals surface area contributed by atoms with Gasteiger partial charge in [-0.1, -0.05) is 29.6 Å². The van der Waals surface area contributed by atoms with Crippen molar-refractivity contribution in [1.29, 1.82) is 0 Å². The molecule has 1 amide bonds. The first-order valence-corrected chi connectivity index (χ1v) is 10.6. The van der Waals surface area contributed by atoms with Gasteiger partial charge in [0.05, 0.1) is 22.0 Å². The van der Waals surface area contributed by atoms with Crippen LogP contribution in [-0.4, -0.2) is 33.2 Å². The van der Waals surface area contributed by atoms with Crippen LogP contribution < -0.4 is 9.62 Å². The fraction of sp³-hybridized carbons (Fsp3) is 0.562. The molecule has 132 valence electrons. The summed E-state index contributed by atoms with van der Waals surface area (Å²) in [6.45, 7) is -0.259. The average Bonchev–Trinajstić information content (AvgIpc) is 3.09. The number of rotatable bonds is 5. The van der Waals surface area contributed by atoms with E-state index in [4.69, 9.17) is 23.2 Å². The second-order valence-corrected chi connectivity index (χ2v) is 9.44. The Morgan fingerprint density at radius 3 is 2.54 bits per heavy atom. The second-order valence-electron chi connectivity index (χ2n) is 6.72. The number of nitrogens with zero attached hydrogens (tertiary/aromatic N) is 1. The van der Waals surface area contributed by atoms with Crippen LogP contribution in [0.15, 0.2) is 18.2 Å². The molecule has 5 nitrogen and oxygen atoms in total. The number of benzene rings is 1. The zero-order chi connectivity index (χ0) is 17.5. The number of nitrogens with one attached hydrogen (secondary N) is 1. The first-order valence-electron chi connectivity index (χ1n) is 7.96. The largest absolute Gasteiger partial charge is 0.352 e. The van der Waals surface area contributed by atoms with Crippen molar-refractivity contribution < 1.29 is 13.2 Å². The van der Waals surface area contributed by atoms with Gasteiger partial charge in [0.15, 0.2) is 0 Å². The lowest BCUT2D eigenvalue weighted by Crippen LogP contribution is -2.45. The Labute approximate surface area is 152 Å². The monoisotopic (exact) mass is 390 g/mol. The fourth-order valence-electron chi connectivity index (χ4n) is 3.84. The predicted molar refractivity (Wildman–Crippen MR) is 96.0 cm³/mol. The Bertz CT molecular complexity index is 754. The number of fused-ring (bicyclic) bond motifs is 2. The van der Waals surface area contributed by atoms with Crippen molar-refractivity contribution in [1.82, 2.24) is 5.32 Å². The van der Waals surface area contributed by atoms with E-state index in [9.17, 15) is 13.2 Å². The van der Waals surface area contributed by atoms with Crippen LogP contribution in [0.1, 0.15) is 25.7 Å². The highest BCUT2D eigenvalue weighted by Gasteiger charge is 2.40. The maximum Gasteiger partial charge on any atom is 0.241 e. The molecular formula is C16H20Cl2N2O3S. The van der Waals surface area contributed by atoms with Gasteiger partial charge >= 0.3 is 0 Å². The first kappa shape index (κ1) is 17.8. The summed E-state index contributed by atoms with van der Waals surface area (Å²) in [5.41, 5.74) is 0.329. The molecule has 0 aromatic heterocycles. The van der Waals surface area contributed by atoms with Gasteiger partial charge in [-0.05, 0) is 49.3 Å². The van der Waals surface area contributed by atoms with Crippen molar-refractivity contribution >= 4 is 44.8 Å². The molecule has 3 rings (SSSR count). The normalized spacial score (nSPS) is 25.7. The summed E-state index contributed by atoms with van der Waals surface area (Å²) >= 11 is 11.8. The standard InChI is InChI=1S/C16H20Cl2N2O3S/c1-24(22,23)20(12-4-5-13(17)14(18)8-12)9-16(21)19-15-7-10-2-3-11(15)6-10/h4-5,8,10-11,15H,2-3,6-7,9H2,1H3,(H,19,21)/t10-,11+,15-/m1/s1. The molecule has 0 heterocycles. The van der Waals surface area contributed by atoms with E-state index in [0.717, 1.165) is 23.4 Å². The molecule has 0 radical (unpaired) electrons. The molecule has 8 heteroatoms. The highest BCUT2D eigenvalue weighted by atomic mass is 35.5. The summed E-state index contributed by atoms with van der Waals surface area (Å²) in [4.78, 5) is 12.4. The van der Waals surface area contributed by atoms with Crippen molar-refractivity contribution in [2.75, 3.05) is 17.1 Å². The van der Waals surface area contributed by atoms with E-state index in [0.29, 0.717) is 22.5 Å². The molecule has 1 N–H and O–H groups in total. The summed E-state index contributed by atoms with van der Waals surface area (Å²) < 4.78 is 25.2. The van der Waals surface area contributed by atoms with E-state index in [1.54, 1.807) is 6.07 Å². The van der Waals surface area contributed by atoms with E-state index in [1.165, 1.54) is 25.0 Å². The summed E-state index contributed by atoms with van der Waals surface area (Å²) in [5.74, 6) is 0.959. The Balaban J connectivity index is 1.72. The molecule has 2 bridgehead atoms. The smallest absolute Gasteiger partial charge is 0.241 e. The minimum Gasteiger partial charge on any atom is -0.352 e. The lowest BCUT2D eigenvalue weighted by molar-refractivity contribution is -0.120. The molecule has 3 atom stereocenters. The topological polar surface area (TPSA) is 66.5 Å². The third kappa shape index (κ3) is 3.81. The molecule has 24 heavy (non-hydrogen) atoms. The Kier molecular flexibility index (Phi) is 5.00. The summed E-state index contributed by atoms with van der Waals surface area (Å²) in [5, 5.41) is 3.58. The Morgan fingerprint density at radius 1 is 1.25 bits per heavy atom. The van der Waals surface area contributed by atoms with Crippen LogP contribution in [0.5, 0.6) is 0 Å². The SMILES string of the molecule is CS(=O)(=O)N(CC(=O)N[C@@H]1C[C@@H]2CC[C@H]1C2)c1ccc(Cl)c(Cl)c1. The molecule has 1 aromatic carbocycles. The maximum atomic E-state index is 12.4. The van der Waals surface area contributed by atoms with Gasteiger partial charge in [-0.15, -0.1) is 0 Å². The van der Waals surface area contributed by atoms with Gasteiger partial charge in [-0.25, -0.2) is 8.42 Å². The van der Waals surface area contributed by atoms with Crippen LogP contribution in [0.2, 0.25) is 10.0 Å². The second kappa shape index (κ2) is 6.73. The van der Waals surface area contributed by atoms with Crippen LogP contribution in [0.4, 0.5) is 5.69 Å². The number of carbonyl (C=O) groups excluding carboxylic acids is 1. The highest BCUT2D eigenvalue weighted by molar-refractivity contribution is 7.92. The van der Waals surface area contributed by atoms with Gasteiger partial charge in [0.1, 0.15) is 6.54 Å². The Hall–Kier alpha value is -0.980. The zero-order valence-electron chi connectivity index (χ0n) is 13.3. The summed E-state index contributed by atoms with van der Waals surface area (Å²) in [7, 11) is -3.62. The van der Waals surface area contributed by atoms with Crippen LogP contribution in [0, 0.1) is 11.8 Å². The first-order chi connectivity index (χ1) is 11.2. The number of carbonyl (C=O) groups is 1. The van der Waals surface area contributed by atoms with Crippen LogP contribution in [0.3, 0.4) is 0 Å². The van der Waals surface area contributed by atoms with Crippen molar-refractivity contribution in [3.8, 4) is 0 Å².